The van der Waals surface area contributed by atoms with E-state index < -0.39 is 6.10 Å². The quantitative estimate of drug-likeness (QED) is 0.572. The molecule has 0 radical (unpaired) electrons. The van der Waals surface area contributed by atoms with Gasteiger partial charge in [-0.1, -0.05) is 12.1 Å². The summed E-state index contributed by atoms with van der Waals surface area (Å²) in [6, 6.07) is 5.27. The van der Waals surface area contributed by atoms with Crippen LogP contribution in [0.25, 0.3) is 0 Å². The molecule has 0 bridgehead atoms. The SMILES string of the molecule is Cc1cccc(C=O)c1OC1CCOC1=O. The summed E-state index contributed by atoms with van der Waals surface area (Å²) in [4.78, 5) is 22.1. The Morgan fingerprint density at radius 2 is 2.31 bits per heavy atom. The van der Waals surface area contributed by atoms with Crippen LogP contribution in [0.15, 0.2) is 18.2 Å². The van der Waals surface area contributed by atoms with E-state index in [1.54, 1.807) is 12.1 Å². The highest BCUT2D eigenvalue weighted by molar-refractivity contribution is 5.81. The van der Waals surface area contributed by atoms with Gasteiger partial charge in [-0.05, 0) is 18.6 Å². The average Bonchev–Trinajstić information content (AvgIpc) is 2.67. The van der Waals surface area contributed by atoms with Gasteiger partial charge in [-0.2, -0.15) is 0 Å². The maximum absolute atomic E-state index is 11.3. The molecule has 4 heteroatoms. The number of carbonyl (C=O) groups excluding carboxylic acids is 2. The van der Waals surface area contributed by atoms with Gasteiger partial charge in [0, 0.05) is 6.42 Å². The second-order valence-electron chi connectivity index (χ2n) is 3.67. The van der Waals surface area contributed by atoms with Crippen molar-refractivity contribution < 1.29 is 19.1 Å². The molecule has 0 aliphatic carbocycles. The first-order valence-corrected chi connectivity index (χ1v) is 5.10. The summed E-state index contributed by atoms with van der Waals surface area (Å²) in [5.41, 5.74) is 1.30. The van der Waals surface area contributed by atoms with E-state index in [1.807, 2.05) is 13.0 Å². The van der Waals surface area contributed by atoms with E-state index in [9.17, 15) is 9.59 Å². The zero-order chi connectivity index (χ0) is 11.5. The average molecular weight is 220 g/mol. The Morgan fingerprint density at radius 3 is 2.94 bits per heavy atom. The minimum absolute atomic E-state index is 0.361. The Balaban J connectivity index is 2.26. The van der Waals surface area contributed by atoms with Gasteiger partial charge in [-0.25, -0.2) is 4.79 Å². The highest BCUT2D eigenvalue weighted by Gasteiger charge is 2.29. The first-order valence-electron chi connectivity index (χ1n) is 5.10. The molecular weight excluding hydrogens is 208 g/mol. The molecule has 1 unspecified atom stereocenters. The monoisotopic (exact) mass is 220 g/mol. The number of ether oxygens (including phenoxy) is 2. The first kappa shape index (κ1) is 10.7. The van der Waals surface area contributed by atoms with Gasteiger partial charge in [0.1, 0.15) is 5.75 Å². The van der Waals surface area contributed by atoms with Crippen LogP contribution in [0.2, 0.25) is 0 Å². The zero-order valence-electron chi connectivity index (χ0n) is 8.93. The topological polar surface area (TPSA) is 52.6 Å². The molecule has 4 nitrogen and oxygen atoms in total. The van der Waals surface area contributed by atoms with Crippen molar-refractivity contribution in [3.05, 3.63) is 29.3 Å². The molecule has 1 aliphatic rings. The Morgan fingerprint density at radius 1 is 1.50 bits per heavy atom. The summed E-state index contributed by atoms with van der Waals surface area (Å²) in [6.45, 7) is 2.22. The van der Waals surface area contributed by atoms with E-state index in [2.05, 4.69) is 0 Å². The van der Waals surface area contributed by atoms with E-state index in [0.717, 1.165) is 11.8 Å². The number of hydrogen-bond acceptors (Lipinski definition) is 4. The molecule has 1 saturated heterocycles. The van der Waals surface area contributed by atoms with Gasteiger partial charge in [-0.3, -0.25) is 4.79 Å². The van der Waals surface area contributed by atoms with Crippen molar-refractivity contribution in [1.82, 2.24) is 0 Å². The van der Waals surface area contributed by atoms with E-state index >= 15 is 0 Å². The minimum Gasteiger partial charge on any atom is -0.478 e. The lowest BCUT2D eigenvalue weighted by Gasteiger charge is -2.13. The van der Waals surface area contributed by atoms with E-state index in [0.29, 0.717) is 24.3 Å². The van der Waals surface area contributed by atoms with Gasteiger partial charge in [0.25, 0.3) is 0 Å². The third-order valence-electron chi connectivity index (χ3n) is 2.52. The van der Waals surface area contributed by atoms with Crippen LogP contribution in [0, 0.1) is 6.92 Å². The summed E-state index contributed by atoms with van der Waals surface area (Å²) in [5.74, 6) is 0.112. The van der Waals surface area contributed by atoms with Gasteiger partial charge in [0.05, 0.1) is 12.2 Å². The Bertz CT molecular complexity index is 425. The van der Waals surface area contributed by atoms with Crippen molar-refractivity contribution in [3.8, 4) is 5.75 Å². The molecule has 1 aromatic rings. The predicted molar refractivity (Wildman–Crippen MR) is 56.6 cm³/mol. The number of esters is 1. The van der Waals surface area contributed by atoms with Crippen molar-refractivity contribution in [1.29, 1.82) is 0 Å². The third-order valence-corrected chi connectivity index (χ3v) is 2.52. The van der Waals surface area contributed by atoms with E-state index in [-0.39, 0.29) is 5.97 Å². The fourth-order valence-corrected chi connectivity index (χ4v) is 1.66. The van der Waals surface area contributed by atoms with Crippen LogP contribution in [-0.4, -0.2) is 25.0 Å². The van der Waals surface area contributed by atoms with Crippen molar-refractivity contribution in [3.63, 3.8) is 0 Å². The summed E-state index contributed by atoms with van der Waals surface area (Å²) in [6.07, 6.45) is 0.675. The van der Waals surface area contributed by atoms with Crippen LogP contribution >= 0.6 is 0 Å². The van der Waals surface area contributed by atoms with Crippen LogP contribution in [-0.2, 0) is 9.53 Å². The number of benzene rings is 1. The lowest BCUT2D eigenvalue weighted by molar-refractivity contribution is -0.143. The number of para-hydroxylation sites is 1. The van der Waals surface area contributed by atoms with Gasteiger partial charge >= 0.3 is 5.97 Å². The van der Waals surface area contributed by atoms with Crippen molar-refractivity contribution in [2.75, 3.05) is 6.61 Å². The van der Waals surface area contributed by atoms with Crippen molar-refractivity contribution in [2.45, 2.75) is 19.4 Å². The Hall–Kier alpha value is -1.84. The van der Waals surface area contributed by atoms with Gasteiger partial charge in [0.2, 0.25) is 0 Å². The molecular formula is C12H12O4. The standard InChI is InChI=1S/C12H12O4/c1-8-3-2-4-9(7-13)11(8)16-10-5-6-15-12(10)14/h2-4,7,10H,5-6H2,1H3. The van der Waals surface area contributed by atoms with Gasteiger partial charge in [0.15, 0.2) is 12.4 Å². The molecule has 0 aromatic heterocycles. The molecule has 1 atom stereocenters. The maximum atomic E-state index is 11.3. The van der Waals surface area contributed by atoms with E-state index in [4.69, 9.17) is 9.47 Å². The van der Waals surface area contributed by atoms with Crippen LogP contribution < -0.4 is 4.74 Å². The zero-order valence-corrected chi connectivity index (χ0v) is 8.93. The fourth-order valence-electron chi connectivity index (χ4n) is 1.66. The molecule has 0 spiro atoms. The lowest BCUT2D eigenvalue weighted by Crippen LogP contribution is -2.22. The summed E-state index contributed by atoms with van der Waals surface area (Å²) in [5, 5.41) is 0. The molecule has 0 saturated carbocycles. The minimum atomic E-state index is -0.584. The van der Waals surface area contributed by atoms with E-state index in [1.165, 1.54) is 0 Å². The third kappa shape index (κ3) is 1.91. The number of carbonyl (C=O) groups is 2. The maximum Gasteiger partial charge on any atom is 0.347 e. The lowest BCUT2D eigenvalue weighted by atomic mass is 10.1. The largest absolute Gasteiger partial charge is 0.478 e. The van der Waals surface area contributed by atoms with Crippen LogP contribution in [0.4, 0.5) is 0 Å². The molecule has 1 fully saturated rings. The molecule has 1 aliphatic heterocycles. The van der Waals surface area contributed by atoms with Gasteiger partial charge < -0.3 is 9.47 Å². The number of hydrogen-bond donors (Lipinski definition) is 0. The summed E-state index contributed by atoms with van der Waals surface area (Å²) in [7, 11) is 0. The molecule has 1 heterocycles. The smallest absolute Gasteiger partial charge is 0.347 e. The summed E-state index contributed by atoms with van der Waals surface area (Å²) < 4.78 is 10.3. The van der Waals surface area contributed by atoms with Gasteiger partial charge in [-0.15, -0.1) is 0 Å². The van der Waals surface area contributed by atoms with Crippen molar-refractivity contribution in [2.24, 2.45) is 0 Å². The Kier molecular flexibility index (Phi) is 2.90. The van der Waals surface area contributed by atoms with Crippen LogP contribution in [0.1, 0.15) is 22.3 Å². The molecule has 0 amide bonds. The molecule has 0 N–H and O–H groups in total. The molecule has 84 valence electrons. The number of rotatable bonds is 3. The second-order valence-corrected chi connectivity index (χ2v) is 3.67. The van der Waals surface area contributed by atoms with Crippen LogP contribution in [0.5, 0.6) is 5.75 Å². The Labute approximate surface area is 93.2 Å². The fraction of sp³-hybridized carbons (Fsp3) is 0.333. The van der Waals surface area contributed by atoms with Crippen molar-refractivity contribution >= 4 is 12.3 Å². The summed E-state index contributed by atoms with van der Waals surface area (Å²) >= 11 is 0. The van der Waals surface area contributed by atoms with Crippen LogP contribution in [0.3, 0.4) is 0 Å². The first-order chi connectivity index (χ1) is 7.72. The second kappa shape index (κ2) is 4.35. The number of cyclic esters (lactones) is 1. The highest BCUT2D eigenvalue weighted by atomic mass is 16.6. The normalized spacial score (nSPS) is 19.3. The number of aldehydes is 1. The highest BCUT2D eigenvalue weighted by Crippen LogP contribution is 2.25. The predicted octanol–water partition coefficient (Wildman–Crippen LogP) is 1.50. The molecule has 2 rings (SSSR count). The molecule has 1 aromatic carbocycles. The number of aryl methyl sites for hydroxylation is 1. The molecule has 16 heavy (non-hydrogen) atoms.